The summed E-state index contributed by atoms with van der Waals surface area (Å²) in [6.07, 6.45) is 0. The predicted molar refractivity (Wildman–Crippen MR) is 60.5 cm³/mol. The lowest BCUT2D eigenvalue weighted by Gasteiger charge is -2.09. The van der Waals surface area contributed by atoms with Crippen molar-refractivity contribution in [2.45, 2.75) is 0 Å². The van der Waals surface area contributed by atoms with E-state index in [-0.39, 0.29) is 11.4 Å². The zero-order valence-electron chi connectivity index (χ0n) is 8.37. The molecule has 0 amide bonds. The first-order valence-corrected chi connectivity index (χ1v) is 4.73. The number of nitrogen functional groups attached to an aromatic ring is 1. The Balaban J connectivity index is 2.35. The number of hydrogen-bond donors (Lipinski definition) is 2. The summed E-state index contributed by atoms with van der Waals surface area (Å²) in [5.74, 6) is -1.41. The minimum absolute atomic E-state index is 0.0635. The van der Waals surface area contributed by atoms with Crippen LogP contribution in [0.2, 0.25) is 0 Å². The maximum Gasteiger partial charge on any atom is 0.151 e. The van der Waals surface area contributed by atoms with Crippen LogP contribution in [0.25, 0.3) is 0 Å². The van der Waals surface area contributed by atoms with E-state index < -0.39 is 11.6 Å². The van der Waals surface area contributed by atoms with Crippen LogP contribution in [0.4, 0.5) is 25.8 Å². The third-order valence-corrected chi connectivity index (χ3v) is 2.11. The van der Waals surface area contributed by atoms with Crippen LogP contribution in [0.15, 0.2) is 42.5 Å². The first-order chi connectivity index (χ1) is 7.66. The van der Waals surface area contributed by atoms with Gasteiger partial charge in [0.1, 0.15) is 5.69 Å². The summed E-state index contributed by atoms with van der Waals surface area (Å²) >= 11 is 0. The number of hydrogen-bond acceptors (Lipinski definition) is 2. The minimum Gasteiger partial charge on any atom is -0.399 e. The van der Waals surface area contributed by atoms with Gasteiger partial charge in [-0.05, 0) is 24.3 Å². The molecule has 0 heterocycles. The molecule has 0 atom stereocenters. The van der Waals surface area contributed by atoms with Crippen LogP contribution < -0.4 is 11.1 Å². The maximum atomic E-state index is 13.4. The van der Waals surface area contributed by atoms with Gasteiger partial charge in [0.05, 0.1) is 0 Å². The van der Waals surface area contributed by atoms with Gasteiger partial charge in [0.25, 0.3) is 0 Å². The van der Waals surface area contributed by atoms with Gasteiger partial charge >= 0.3 is 0 Å². The van der Waals surface area contributed by atoms with Crippen molar-refractivity contribution in [1.29, 1.82) is 0 Å². The molecule has 0 fully saturated rings. The summed E-state index contributed by atoms with van der Waals surface area (Å²) in [4.78, 5) is 0. The largest absolute Gasteiger partial charge is 0.399 e. The van der Waals surface area contributed by atoms with Gasteiger partial charge in [-0.3, -0.25) is 0 Å². The molecule has 0 aliphatic heterocycles. The average Bonchev–Trinajstić information content (AvgIpc) is 2.25. The highest BCUT2D eigenvalue weighted by Gasteiger charge is 2.09. The Morgan fingerprint density at radius 2 is 1.50 bits per heavy atom. The number of para-hydroxylation sites is 1. The molecule has 0 bridgehead atoms. The van der Waals surface area contributed by atoms with E-state index in [2.05, 4.69) is 5.32 Å². The fourth-order valence-electron chi connectivity index (χ4n) is 1.38. The smallest absolute Gasteiger partial charge is 0.151 e. The number of nitrogens with two attached hydrogens (primary N) is 1. The summed E-state index contributed by atoms with van der Waals surface area (Å²) in [7, 11) is 0. The predicted octanol–water partition coefficient (Wildman–Crippen LogP) is 3.29. The topological polar surface area (TPSA) is 38.0 Å². The summed E-state index contributed by atoms with van der Waals surface area (Å²) < 4.78 is 26.8. The second kappa shape index (κ2) is 4.18. The quantitative estimate of drug-likeness (QED) is 0.762. The van der Waals surface area contributed by atoms with Gasteiger partial charge in [0.2, 0.25) is 0 Å². The molecule has 4 heteroatoms. The highest BCUT2D eigenvalue weighted by Crippen LogP contribution is 2.25. The van der Waals surface area contributed by atoms with Gasteiger partial charge in [-0.2, -0.15) is 0 Å². The lowest BCUT2D eigenvalue weighted by molar-refractivity contribution is 0.592. The van der Waals surface area contributed by atoms with E-state index in [9.17, 15) is 8.78 Å². The van der Waals surface area contributed by atoms with E-state index in [1.54, 1.807) is 24.3 Å². The van der Waals surface area contributed by atoms with Crippen LogP contribution in [0.3, 0.4) is 0 Å². The summed E-state index contributed by atoms with van der Waals surface area (Å²) in [5.41, 5.74) is 5.80. The first kappa shape index (κ1) is 10.4. The SMILES string of the molecule is Nc1cc(F)c(Nc2ccccc2)c(F)c1. The van der Waals surface area contributed by atoms with Crippen LogP contribution in [-0.4, -0.2) is 0 Å². The van der Waals surface area contributed by atoms with Gasteiger partial charge in [-0.1, -0.05) is 18.2 Å². The van der Waals surface area contributed by atoms with Crippen LogP contribution >= 0.6 is 0 Å². The Morgan fingerprint density at radius 1 is 0.938 bits per heavy atom. The second-order valence-electron chi connectivity index (χ2n) is 3.35. The Kier molecular flexibility index (Phi) is 2.72. The lowest BCUT2D eigenvalue weighted by atomic mass is 10.2. The Morgan fingerprint density at radius 3 is 2.06 bits per heavy atom. The molecule has 2 nitrogen and oxygen atoms in total. The molecule has 0 aliphatic carbocycles. The zero-order valence-corrected chi connectivity index (χ0v) is 8.37. The highest BCUT2D eigenvalue weighted by atomic mass is 19.1. The van der Waals surface area contributed by atoms with Crippen molar-refractivity contribution in [3.05, 3.63) is 54.1 Å². The molecule has 0 unspecified atom stereocenters. The Bertz CT molecular complexity index is 475. The van der Waals surface area contributed by atoms with Gasteiger partial charge in [-0.15, -0.1) is 0 Å². The molecule has 0 aromatic heterocycles. The number of nitrogens with one attached hydrogen (secondary N) is 1. The van der Waals surface area contributed by atoms with Gasteiger partial charge in [0, 0.05) is 11.4 Å². The highest BCUT2D eigenvalue weighted by molar-refractivity contribution is 5.63. The summed E-state index contributed by atoms with van der Waals surface area (Å²) in [6.45, 7) is 0. The van der Waals surface area contributed by atoms with E-state index in [1.165, 1.54) is 0 Å². The fraction of sp³-hybridized carbons (Fsp3) is 0. The van der Waals surface area contributed by atoms with Crippen molar-refractivity contribution >= 4 is 17.1 Å². The molecular formula is C12H10F2N2. The van der Waals surface area contributed by atoms with Gasteiger partial charge in [0.15, 0.2) is 11.6 Å². The van der Waals surface area contributed by atoms with Gasteiger partial charge in [-0.25, -0.2) is 8.78 Å². The zero-order chi connectivity index (χ0) is 11.5. The summed E-state index contributed by atoms with van der Waals surface area (Å²) in [6, 6.07) is 11.0. The number of anilines is 3. The molecule has 16 heavy (non-hydrogen) atoms. The van der Waals surface area contributed by atoms with E-state index in [0.29, 0.717) is 5.69 Å². The second-order valence-corrected chi connectivity index (χ2v) is 3.35. The molecule has 3 N–H and O–H groups in total. The maximum absolute atomic E-state index is 13.4. The van der Waals surface area contributed by atoms with Crippen molar-refractivity contribution in [3.8, 4) is 0 Å². The third kappa shape index (κ3) is 2.11. The molecule has 0 saturated carbocycles. The van der Waals surface area contributed by atoms with E-state index >= 15 is 0 Å². The Hall–Kier alpha value is -2.10. The molecule has 2 rings (SSSR count). The molecule has 0 saturated heterocycles. The first-order valence-electron chi connectivity index (χ1n) is 4.73. The molecule has 2 aromatic rings. The van der Waals surface area contributed by atoms with Crippen LogP contribution in [0.5, 0.6) is 0 Å². The van der Waals surface area contributed by atoms with E-state index in [1.807, 2.05) is 6.07 Å². The van der Waals surface area contributed by atoms with Crippen molar-refractivity contribution < 1.29 is 8.78 Å². The van der Waals surface area contributed by atoms with Crippen LogP contribution in [0.1, 0.15) is 0 Å². The van der Waals surface area contributed by atoms with Crippen LogP contribution in [0, 0.1) is 11.6 Å². The molecule has 0 aliphatic rings. The fourth-order valence-corrected chi connectivity index (χ4v) is 1.38. The monoisotopic (exact) mass is 220 g/mol. The number of halogens is 2. The molecule has 0 spiro atoms. The van der Waals surface area contributed by atoms with E-state index in [4.69, 9.17) is 5.73 Å². The lowest BCUT2D eigenvalue weighted by Crippen LogP contribution is -1.99. The average molecular weight is 220 g/mol. The van der Waals surface area contributed by atoms with E-state index in [0.717, 1.165) is 12.1 Å². The minimum atomic E-state index is -0.707. The van der Waals surface area contributed by atoms with Crippen molar-refractivity contribution in [2.75, 3.05) is 11.1 Å². The molecule has 0 radical (unpaired) electrons. The number of rotatable bonds is 2. The van der Waals surface area contributed by atoms with Crippen molar-refractivity contribution in [2.24, 2.45) is 0 Å². The van der Waals surface area contributed by atoms with Crippen LogP contribution in [-0.2, 0) is 0 Å². The molecule has 2 aromatic carbocycles. The van der Waals surface area contributed by atoms with Crippen molar-refractivity contribution in [1.82, 2.24) is 0 Å². The summed E-state index contributed by atoms with van der Waals surface area (Å²) in [5, 5.41) is 2.66. The Labute approximate surface area is 91.7 Å². The van der Waals surface area contributed by atoms with Crippen molar-refractivity contribution in [3.63, 3.8) is 0 Å². The number of benzene rings is 2. The normalized spacial score (nSPS) is 10.1. The molecular weight excluding hydrogens is 210 g/mol. The van der Waals surface area contributed by atoms with Gasteiger partial charge < -0.3 is 11.1 Å². The standard InChI is InChI=1S/C12H10F2N2/c13-10-6-8(15)7-11(14)12(10)16-9-4-2-1-3-5-9/h1-7,16H,15H2. The molecule has 82 valence electrons. The third-order valence-electron chi connectivity index (χ3n) is 2.11.